The summed E-state index contributed by atoms with van der Waals surface area (Å²) in [5.41, 5.74) is 1.13. The largest absolute Gasteiger partial charge is 0.479 e. The van der Waals surface area contributed by atoms with Crippen molar-refractivity contribution in [2.75, 3.05) is 5.75 Å². The smallest absolute Gasteiger partial charge is 0.331 e. The lowest BCUT2D eigenvalue weighted by Crippen LogP contribution is -2.30. The molecule has 1 aliphatic heterocycles. The fourth-order valence-electron chi connectivity index (χ4n) is 1.50. The zero-order chi connectivity index (χ0) is 10.8. The lowest BCUT2D eigenvalue weighted by molar-refractivity contribution is -0.136. The Kier molecular flexibility index (Phi) is 3.33. The lowest BCUT2D eigenvalue weighted by atomic mass is 10.1. The number of hydrogen-bond acceptors (Lipinski definition) is 3. The summed E-state index contributed by atoms with van der Waals surface area (Å²) in [5, 5.41) is 11.4. The maximum absolute atomic E-state index is 10.7. The van der Waals surface area contributed by atoms with Crippen LogP contribution in [0.4, 0.5) is 0 Å². The average Bonchev–Trinajstić information content (AvgIpc) is 2.68. The van der Waals surface area contributed by atoms with E-state index in [9.17, 15) is 4.79 Å². The van der Waals surface area contributed by atoms with Gasteiger partial charge in [-0.3, -0.25) is 5.32 Å². The normalized spacial score (nSPS) is 25.4. The molecular formula is C10H10BrNO2S. The molecule has 0 bridgehead atoms. The second kappa shape index (κ2) is 4.55. The molecule has 0 saturated carbocycles. The van der Waals surface area contributed by atoms with Gasteiger partial charge in [-0.2, -0.15) is 0 Å². The van der Waals surface area contributed by atoms with Crippen LogP contribution in [0, 0.1) is 0 Å². The molecule has 3 nitrogen and oxygen atoms in total. The molecule has 1 fully saturated rings. The lowest BCUT2D eigenvalue weighted by Gasteiger charge is -2.10. The summed E-state index contributed by atoms with van der Waals surface area (Å²) in [5.74, 6) is 0.0121. The minimum Gasteiger partial charge on any atom is -0.479 e. The van der Waals surface area contributed by atoms with Crippen molar-refractivity contribution >= 4 is 33.7 Å². The monoisotopic (exact) mass is 287 g/mol. The van der Waals surface area contributed by atoms with Crippen LogP contribution in [0.2, 0.25) is 0 Å². The summed E-state index contributed by atoms with van der Waals surface area (Å²) in [6, 6.07) is 8.09. The van der Waals surface area contributed by atoms with Crippen LogP contribution in [-0.4, -0.2) is 22.2 Å². The summed E-state index contributed by atoms with van der Waals surface area (Å²) in [4.78, 5) is 10.7. The molecule has 1 aliphatic rings. The van der Waals surface area contributed by atoms with Crippen molar-refractivity contribution in [3.05, 3.63) is 34.3 Å². The van der Waals surface area contributed by atoms with Crippen LogP contribution in [0.3, 0.4) is 0 Å². The molecule has 1 saturated heterocycles. The molecule has 5 heteroatoms. The maximum atomic E-state index is 10.7. The Hall–Kier alpha value is -0.520. The zero-order valence-electron chi connectivity index (χ0n) is 7.81. The fraction of sp³-hybridized carbons (Fsp3) is 0.300. The molecule has 0 aliphatic carbocycles. The Morgan fingerprint density at radius 1 is 1.47 bits per heavy atom. The molecule has 1 aromatic rings. The number of carboxylic acids is 1. The van der Waals surface area contributed by atoms with Crippen LogP contribution in [0.1, 0.15) is 11.6 Å². The number of nitrogens with one attached hydrogen (secondary N) is 1. The van der Waals surface area contributed by atoms with Gasteiger partial charge in [-0.1, -0.05) is 28.1 Å². The molecule has 2 rings (SSSR count). The quantitative estimate of drug-likeness (QED) is 0.876. The van der Waals surface area contributed by atoms with Gasteiger partial charge in [0.1, 0.15) is 0 Å². The molecule has 0 amide bonds. The first-order valence-electron chi connectivity index (χ1n) is 4.53. The van der Waals surface area contributed by atoms with Crippen molar-refractivity contribution in [2.45, 2.75) is 11.4 Å². The first-order valence-corrected chi connectivity index (χ1v) is 6.37. The molecule has 0 aromatic heterocycles. The predicted molar refractivity (Wildman–Crippen MR) is 63.9 cm³/mol. The zero-order valence-corrected chi connectivity index (χ0v) is 10.2. The second-order valence-corrected chi connectivity index (χ2v) is 5.38. The van der Waals surface area contributed by atoms with E-state index in [2.05, 4.69) is 21.2 Å². The fourth-order valence-corrected chi connectivity index (χ4v) is 2.84. The van der Waals surface area contributed by atoms with E-state index in [0.717, 1.165) is 15.8 Å². The van der Waals surface area contributed by atoms with Crippen LogP contribution in [0.5, 0.6) is 0 Å². The standard InChI is InChI=1S/C10H10BrNO2S/c11-7-3-1-6(2-4-7)8-5-15-9(12-8)10(13)14/h1-4,8-9,12H,5H2,(H,13,14)/t8-,9-/m0/s1. The van der Waals surface area contributed by atoms with Crippen molar-refractivity contribution in [2.24, 2.45) is 0 Å². The number of rotatable bonds is 2. The van der Waals surface area contributed by atoms with E-state index in [1.807, 2.05) is 24.3 Å². The van der Waals surface area contributed by atoms with Gasteiger partial charge in [-0.05, 0) is 17.7 Å². The number of hydrogen-bond donors (Lipinski definition) is 2. The summed E-state index contributed by atoms with van der Waals surface area (Å²) in [6.45, 7) is 0. The van der Waals surface area contributed by atoms with Gasteiger partial charge in [-0.15, -0.1) is 11.8 Å². The van der Waals surface area contributed by atoms with E-state index >= 15 is 0 Å². The van der Waals surface area contributed by atoms with Crippen LogP contribution >= 0.6 is 27.7 Å². The Morgan fingerprint density at radius 2 is 2.13 bits per heavy atom. The Morgan fingerprint density at radius 3 is 2.67 bits per heavy atom. The van der Waals surface area contributed by atoms with Gasteiger partial charge in [0.15, 0.2) is 5.37 Å². The highest BCUT2D eigenvalue weighted by molar-refractivity contribution is 9.10. The van der Waals surface area contributed by atoms with Gasteiger partial charge in [0.2, 0.25) is 0 Å². The third kappa shape index (κ3) is 2.53. The topological polar surface area (TPSA) is 49.3 Å². The Balaban J connectivity index is 2.07. The highest BCUT2D eigenvalue weighted by Crippen LogP contribution is 2.29. The molecule has 0 unspecified atom stereocenters. The van der Waals surface area contributed by atoms with Crippen LogP contribution in [0.25, 0.3) is 0 Å². The Bertz CT molecular complexity index is 368. The van der Waals surface area contributed by atoms with Gasteiger partial charge >= 0.3 is 5.97 Å². The predicted octanol–water partition coefficient (Wildman–Crippen LogP) is 2.24. The maximum Gasteiger partial charge on any atom is 0.331 e. The minimum atomic E-state index is -0.792. The van der Waals surface area contributed by atoms with Crippen LogP contribution in [-0.2, 0) is 4.79 Å². The number of halogens is 1. The van der Waals surface area contributed by atoms with E-state index < -0.39 is 11.3 Å². The van der Waals surface area contributed by atoms with Gasteiger partial charge in [0, 0.05) is 16.3 Å². The van der Waals surface area contributed by atoms with Crippen LogP contribution < -0.4 is 5.32 Å². The van der Waals surface area contributed by atoms with Crippen molar-refractivity contribution in [1.29, 1.82) is 0 Å². The van der Waals surface area contributed by atoms with E-state index in [4.69, 9.17) is 5.11 Å². The van der Waals surface area contributed by atoms with Crippen LogP contribution in [0.15, 0.2) is 28.7 Å². The summed E-state index contributed by atoms with van der Waals surface area (Å²) < 4.78 is 1.03. The summed E-state index contributed by atoms with van der Waals surface area (Å²) in [7, 11) is 0. The number of carbonyl (C=O) groups is 1. The average molecular weight is 288 g/mol. The molecule has 1 heterocycles. The Labute approximate surface area is 100 Å². The van der Waals surface area contributed by atoms with Gasteiger partial charge in [0.05, 0.1) is 0 Å². The van der Waals surface area contributed by atoms with E-state index in [1.54, 1.807) is 0 Å². The molecule has 2 N–H and O–H groups in total. The first-order chi connectivity index (χ1) is 7.16. The van der Waals surface area contributed by atoms with Gasteiger partial charge in [0.25, 0.3) is 0 Å². The van der Waals surface area contributed by atoms with Gasteiger partial charge in [-0.25, -0.2) is 4.79 Å². The van der Waals surface area contributed by atoms with E-state index in [-0.39, 0.29) is 6.04 Å². The van der Waals surface area contributed by atoms with Crippen molar-refractivity contribution in [3.63, 3.8) is 0 Å². The van der Waals surface area contributed by atoms with Gasteiger partial charge < -0.3 is 5.11 Å². The SMILES string of the molecule is O=C(O)[C@H]1N[C@H](c2ccc(Br)cc2)CS1. The summed E-state index contributed by atoms with van der Waals surface area (Å²) in [6.07, 6.45) is 0. The third-order valence-electron chi connectivity index (χ3n) is 2.28. The minimum absolute atomic E-state index is 0.143. The number of benzene rings is 1. The molecule has 0 radical (unpaired) electrons. The third-order valence-corrected chi connectivity index (χ3v) is 4.00. The van der Waals surface area contributed by atoms with Crippen molar-refractivity contribution in [3.8, 4) is 0 Å². The number of aliphatic carboxylic acids is 1. The van der Waals surface area contributed by atoms with E-state index in [0.29, 0.717) is 0 Å². The second-order valence-electron chi connectivity index (χ2n) is 3.32. The first kappa shape index (κ1) is 11.0. The van der Waals surface area contributed by atoms with Crippen molar-refractivity contribution < 1.29 is 9.90 Å². The summed E-state index contributed by atoms with van der Waals surface area (Å²) >= 11 is 4.80. The highest BCUT2D eigenvalue weighted by atomic mass is 79.9. The molecule has 1 aromatic carbocycles. The number of thioether (sulfide) groups is 1. The molecule has 80 valence electrons. The molecule has 15 heavy (non-hydrogen) atoms. The van der Waals surface area contributed by atoms with E-state index in [1.165, 1.54) is 11.8 Å². The number of carboxylic acid groups (broad SMARTS) is 1. The molecular weight excluding hydrogens is 278 g/mol. The molecule has 2 atom stereocenters. The van der Waals surface area contributed by atoms with Crippen molar-refractivity contribution in [1.82, 2.24) is 5.32 Å². The highest BCUT2D eigenvalue weighted by Gasteiger charge is 2.30. The molecule has 0 spiro atoms.